The van der Waals surface area contributed by atoms with Crippen LogP contribution >= 0.6 is 12.2 Å². The second-order valence-corrected chi connectivity index (χ2v) is 5.11. The van der Waals surface area contributed by atoms with Crippen LogP contribution in [0, 0.1) is 11.8 Å². The molecule has 20 heavy (non-hydrogen) atoms. The molecule has 0 saturated heterocycles. The zero-order chi connectivity index (χ0) is 14.3. The number of benzene rings is 2. The van der Waals surface area contributed by atoms with Crippen LogP contribution in [0.2, 0.25) is 0 Å². The SMILES string of the molecule is Cc1cc2c(cc1C(=O)c1ccccc1)oc(=S)n2C. The van der Waals surface area contributed by atoms with Crippen molar-refractivity contribution < 1.29 is 9.21 Å². The predicted molar refractivity (Wildman–Crippen MR) is 80.6 cm³/mol. The molecule has 0 saturated carbocycles. The Morgan fingerprint density at radius 1 is 1.20 bits per heavy atom. The lowest BCUT2D eigenvalue weighted by Crippen LogP contribution is -2.03. The molecule has 100 valence electrons. The van der Waals surface area contributed by atoms with Crippen LogP contribution in [0.25, 0.3) is 11.1 Å². The Balaban J connectivity index is 2.20. The van der Waals surface area contributed by atoms with Gasteiger partial charge in [0.2, 0.25) is 0 Å². The van der Waals surface area contributed by atoms with E-state index in [0.29, 0.717) is 21.5 Å². The molecule has 2 aromatic carbocycles. The van der Waals surface area contributed by atoms with E-state index in [-0.39, 0.29) is 5.78 Å². The molecule has 0 amide bonds. The average molecular weight is 283 g/mol. The van der Waals surface area contributed by atoms with Crippen LogP contribution < -0.4 is 0 Å². The second-order valence-electron chi connectivity index (χ2n) is 4.76. The number of oxazole rings is 1. The lowest BCUT2D eigenvalue weighted by atomic mass is 9.99. The normalized spacial score (nSPS) is 10.9. The maximum absolute atomic E-state index is 12.5. The Labute approximate surface area is 121 Å². The number of aryl methyl sites for hydroxylation is 2. The first-order chi connectivity index (χ1) is 9.58. The zero-order valence-electron chi connectivity index (χ0n) is 11.2. The van der Waals surface area contributed by atoms with Crippen molar-refractivity contribution >= 4 is 29.1 Å². The quantitative estimate of drug-likeness (QED) is 0.526. The van der Waals surface area contributed by atoms with Crippen LogP contribution in [-0.2, 0) is 7.05 Å². The van der Waals surface area contributed by atoms with E-state index in [2.05, 4.69) is 0 Å². The first-order valence-corrected chi connectivity index (χ1v) is 6.68. The average Bonchev–Trinajstić information content (AvgIpc) is 2.74. The Bertz CT molecular complexity index is 859. The molecule has 0 aliphatic rings. The van der Waals surface area contributed by atoms with Crippen molar-refractivity contribution in [2.75, 3.05) is 0 Å². The Morgan fingerprint density at radius 2 is 1.90 bits per heavy atom. The van der Waals surface area contributed by atoms with Crippen molar-refractivity contribution in [1.29, 1.82) is 0 Å². The summed E-state index contributed by atoms with van der Waals surface area (Å²) in [4.78, 5) is 12.9. The molecule has 0 aliphatic heterocycles. The maximum Gasteiger partial charge on any atom is 0.269 e. The van der Waals surface area contributed by atoms with Crippen LogP contribution in [0.15, 0.2) is 46.9 Å². The van der Waals surface area contributed by atoms with Gasteiger partial charge in [-0.2, -0.15) is 0 Å². The molecule has 3 nitrogen and oxygen atoms in total. The van der Waals surface area contributed by atoms with Crippen LogP contribution in [0.3, 0.4) is 0 Å². The van der Waals surface area contributed by atoms with Crippen molar-refractivity contribution in [2.24, 2.45) is 7.05 Å². The Hall–Kier alpha value is -2.20. The van der Waals surface area contributed by atoms with Gasteiger partial charge in [-0.15, -0.1) is 0 Å². The molecule has 3 rings (SSSR count). The van der Waals surface area contributed by atoms with E-state index in [1.54, 1.807) is 10.6 Å². The topological polar surface area (TPSA) is 35.1 Å². The van der Waals surface area contributed by atoms with E-state index in [9.17, 15) is 4.79 Å². The molecule has 0 unspecified atom stereocenters. The molecule has 0 N–H and O–H groups in total. The van der Waals surface area contributed by atoms with Gasteiger partial charge in [0.05, 0.1) is 5.52 Å². The van der Waals surface area contributed by atoms with E-state index in [1.807, 2.05) is 50.4 Å². The molecular weight excluding hydrogens is 270 g/mol. The minimum Gasteiger partial charge on any atom is -0.429 e. The number of fused-ring (bicyclic) bond motifs is 1. The van der Waals surface area contributed by atoms with Gasteiger partial charge in [-0.1, -0.05) is 30.3 Å². The summed E-state index contributed by atoms with van der Waals surface area (Å²) >= 11 is 5.11. The lowest BCUT2D eigenvalue weighted by Gasteiger charge is -2.05. The molecule has 0 spiro atoms. The summed E-state index contributed by atoms with van der Waals surface area (Å²) in [7, 11) is 1.85. The number of rotatable bonds is 2. The maximum atomic E-state index is 12.5. The van der Waals surface area contributed by atoms with Crippen LogP contribution in [0.4, 0.5) is 0 Å². The molecule has 0 radical (unpaired) electrons. The molecule has 0 fully saturated rings. The number of carbonyl (C=O) groups is 1. The number of nitrogens with zero attached hydrogens (tertiary/aromatic N) is 1. The standard InChI is InChI=1S/C16H13NO2S/c1-10-8-13-14(19-16(20)17(13)2)9-12(10)15(18)11-6-4-3-5-7-11/h3-9H,1-2H3. The summed E-state index contributed by atoms with van der Waals surface area (Å²) in [5, 5.41) is 0. The lowest BCUT2D eigenvalue weighted by molar-refractivity contribution is 0.103. The molecule has 1 heterocycles. The third-order valence-electron chi connectivity index (χ3n) is 3.42. The van der Waals surface area contributed by atoms with Gasteiger partial charge in [0, 0.05) is 18.2 Å². The van der Waals surface area contributed by atoms with Crippen molar-refractivity contribution in [2.45, 2.75) is 6.92 Å². The molecule has 0 aliphatic carbocycles. The Morgan fingerprint density at radius 3 is 2.60 bits per heavy atom. The van der Waals surface area contributed by atoms with Gasteiger partial charge in [0.1, 0.15) is 0 Å². The highest BCUT2D eigenvalue weighted by Gasteiger charge is 2.15. The minimum atomic E-state index is -0.00466. The first kappa shape index (κ1) is 12.8. The van der Waals surface area contributed by atoms with Gasteiger partial charge in [0.15, 0.2) is 11.4 Å². The van der Waals surface area contributed by atoms with Crippen molar-refractivity contribution in [3.8, 4) is 0 Å². The minimum absolute atomic E-state index is 0.00466. The van der Waals surface area contributed by atoms with Crippen molar-refractivity contribution in [3.05, 3.63) is 64.0 Å². The van der Waals surface area contributed by atoms with Crippen molar-refractivity contribution in [3.63, 3.8) is 0 Å². The van der Waals surface area contributed by atoms with Crippen LogP contribution in [0.1, 0.15) is 21.5 Å². The third-order valence-corrected chi connectivity index (χ3v) is 3.78. The van der Waals surface area contributed by atoms with Crippen molar-refractivity contribution in [1.82, 2.24) is 4.57 Å². The molecule has 0 atom stereocenters. The largest absolute Gasteiger partial charge is 0.429 e. The van der Waals surface area contributed by atoms with Gasteiger partial charge in [0.25, 0.3) is 4.84 Å². The van der Waals surface area contributed by atoms with E-state index in [0.717, 1.165) is 11.1 Å². The monoisotopic (exact) mass is 283 g/mol. The highest BCUT2D eigenvalue weighted by molar-refractivity contribution is 7.71. The fourth-order valence-electron chi connectivity index (χ4n) is 2.27. The first-order valence-electron chi connectivity index (χ1n) is 6.28. The number of ketones is 1. The summed E-state index contributed by atoms with van der Waals surface area (Å²) in [6.07, 6.45) is 0. The van der Waals surface area contributed by atoms with E-state index in [1.165, 1.54) is 0 Å². The van der Waals surface area contributed by atoms with Gasteiger partial charge in [-0.05, 0) is 36.8 Å². The molecular formula is C16H13NO2S. The van der Waals surface area contributed by atoms with E-state index in [4.69, 9.17) is 16.6 Å². The number of hydrogen-bond donors (Lipinski definition) is 0. The van der Waals surface area contributed by atoms with Gasteiger partial charge >= 0.3 is 0 Å². The molecule has 0 bridgehead atoms. The van der Waals surface area contributed by atoms with Gasteiger partial charge in [-0.3, -0.25) is 4.79 Å². The fourth-order valence-corrected chi connectivity index (χ4v) is 2.46. The molecule has 4 heteroatoms. The fraction of sp³-hybridized carbons (Fsp3) is 0.125. The number of carbonyl (C=O) groups excluding carboxylic acids is 1. The Kier molecular flexibility index (Phi) is 3.03. The summed E-state index contributed by atoms with van der Waals surface area (Å²) in [5.74, 6) is -0.00466. The van der Waals surface area contributed by atoms with Gasteiger partial charge in [-0.25, -0.2) is 0 Å². The third kappa shape index (κ3) is 1.98. The van der Waals surface area contributed by atoms with E-state index < -0.39 is 0 Å². The number of hydrogen-bond acceptors (Lipinski definition) is 3. The molecule has 1 aromatic heterocycles. The van der Waals surface area contributed by atoms with Gasteiger partial charge < -0.3 is 8.98 Å². The van der Waals surface area contributed by atoms with Crippen LogP contribution in [-0.4, -0.2) is 10.4 Å². The summed E-state index contributed by atoms with van der Waals surface area (Å²) in [5.41, 5.74) is 3.77. The van der Waals surface area contributed by atoms with Crippen LogP contribution in [0.5, 0.6) is 0 Å². The highest BCUT2D eigenvalue weighted by Crippen LogP contribution is 2.23. The zero-order valence-corrected chi connectivity index (χ0v) is 12.0. The predicted octanol–water partition coefficient (Wildman–Crippen LogP) is 4.04. The smallest absolute Gasteiger partial charge is 0.269 e. The summed E-state index contributed by atoms with van der Waals surface area (Å²) in [6, 6.07) is 12.9. The molecule has 3 aromatic rings. The summed E-state index contributed by atoms with van der Waals surface area (Å²) in [6.45, 7) is 1.92. The second kappa shape index (κ2) is 4.72. The summed E-state index contributed by atoms with van der Waals surface area (Å²) < 4.78 is 7.31. The highest BCUT2D eigenvalue weighted by atomic mass is 32.1. The van der Waals surface area contributed by atoms with E-state index >= 15 is 0 Å². The number of aromatic nitrogens is 1.